The molecule has 5 rings (SSSR count). The zero-order valence-electron chi connectivity index (χ0n) is 20.0. The Labute approximate surface area is 210 Å². The number of nitrogens with one attached hydrogen (secondary N) is 2. The minimum absolute atomic E-state index is 0.0293. The van der Waals surface area contributed by atoms with E-state index in [1.165, 1.54) is 38.2 Å². The van der Waals surface area contributed by atoms with E-state index in [2.05, 4.69) is 10.3 Å². The van der Waals surface area contributed by atoms with Gasteiger partial charge in [0.1, 0.15) is 22.9 Å². The lowest BCUT2D eigenvalue weighted by molar-refractivity contribution is -0.143. The lowest BCUT2D eigenvalue weighted by Crippen LogP contribution is -2.47. The summed E-state index contributed by atoms with van der Waals surface area (Å²) < 4.78 is 10.2. The summed E-state index contributed by atoms with van der Waals surface area (Å²) in [6, 6.07) is 4.51. The molecule has 0 spiro atoms. The van der Waals surface area contributed by atoms with Gasteiger partial charge >= 0.3 is 5.97 Å². The van der Waals surface area contributed by atoms with Gasteiger partial charge in [-0.15, -0.1) is 11.6 Å². The second kappa shape index (κ2) is 8.06. The largest absolute Gasteiger partial charge is 0.508 e. The van der Waals surface area contributed by atoms with Crippen molar-refractivity contribution in [2.45, 2.75) is 31.2 Å². The summed E-state index contributed by atoms with van der Waals surface area (Å²) >= 11 is 6.55. The number of anilines is 2. The molecule has 0 unspecified atom stereocenters. The van der Waals surface area contributed by atoms with E-state index in [0.717, 1.165) is 0 Å². The number of halogens is 1. The minimum Gasteiger partial charge on any atom is -0.508 e. The van der Waals surface area contributed by atoms with E-state index in [-0.39, 0.29) is 41.4 Å². The SMILES string of the molecule is COC(=O)[C@]1(C)Nc2c(O)cc3c(c2C1=O)C[C@H](Cl)CN3C(=O)c1cc2cc(O)c(C)c(OC)c2[nH]1. The maximum atomic E-state index is 13.7. The molecule has 3 heterocycles. The lowest BCUT2D eigenvalue weighted by Gasteiger charge is -2.33. The van der Waals surface area contributed by atoms with Crippen LogP contribution >= 0.6 is 11.6 Å². The van der Waals surface area contributed by atoms with Crippen molar-refractivity contribution >= 4 is 51.5 Å². The molecule has 11 heteroatoms. The van der Waals surface area contributed by atoms with Gasteiger partial charge in [-0.25, -0.2) is 4.79 Å². The van der Waals surface area contributed by atoms with Gasteiger partial charge in [0.15, 0.2) is 5.54 Å². The molecule has 0 aliphatic carbocycles. The highest BCUT2D eigenvalue weighted by molar-refractivity contribution is 6.27. The summed E-state index contributed by atoms with van der Waals surface area (Å²) in [7, 11) is 2.64. The molecule has 2 atom stereocenters. The Balaban J connectivity index is 1.63. The molecule has 4 N–H and O–H groups in total. The standard InChI is InChI=1S/C25H24ClN3O7/c1-10-16(30)6-11-5-14(27-19(11)21(10)35-3)23(33)29-9-12(26)7-13-15(29)8-17(31)20-18(13)22(32)25(2,28-20)24(34)36-4/h5-6,8,12,27-28,30-31H,7,9H2,1-4H3/t12-,25+/m0/s1. The highest BCUT2D eigenvalue weighted by Crippen LogP contribution is 2.47. The Morgan fingerprint density at radius 3 is 2.58 bits per heavy atom. The first-order valence-electron chi connectivity index (χ1n) is 11.2. The van der Waals surface area contributed by atoms with Crippen LogP contribution in [0.4, 0.5) is 11.4 Å². The quantitative estimate of drug-likeness (QED) is 0.181. The number of methoxy groups -OCH3 is 2. The van der Waals surface area contributed by atoms with Gasteiger partial charge in [-0.1, -0.05) is 0 Å². The average Bonchev–Trinajstić information content (AvgIpc) is 3.38. The van der Waals surface area contributed by atoms with Crippen LogP contribution in [0.2, 0.25) is 0 Å². The van der Waals surface area contributed by atoms with Crippen LogP contribution in [0.15, 0.2) is 18.2 Å². The Bertz CT molecular complexity index is 1480. The third-order valence-corrected chi connectivity index (χ3v) is 7.20. The van der Waals surface area contributed by atoms with Gasteiger partial charge in [0.25, 0.3) is 5.91 Å². The molecule has 2 aliphatic rings. The van der Waals surface area contributed by atoms with E-state index in [9.17, 15) is 24.6 Å². The number of Topliss-reactive ketones (excluding diaryl/α,β-unsaturated/α-hetero) is 1. The fourth-order valence-electron chi connectivity index (χ4n) is 5.05. The molecule has 1 amide bonds. The first-order valence-corrected chi connectivity index (χ1v) is 11.6. The minimum atomic E-state index is -1.72. The molecule has 0 bridgehead atoms. The van der Waals surface area contributed by atoms with Crippen LogP contribution in [0.5, 0.6) is 17.2 Å². The number of fused-ring (bicyclic) bond motifs is 4. The van der Waals surface area contributed by atoms with Crippen molar-refractivity contribution in [1.29, 1.82) is 0 Å². The normalized spacial score (nSPS) is 20.6. The number of phenolic OH excluding ortho intramolecular Hbond substituents is 2. The Kier molecular flexibility index (Phi) is 5.33. The number of carbonyl (C=O) groups excluding carboxylic acids is 3. The van der Waals surface area contributed by atoms with Gasteiger partial charge in [0.2, 0.25) is 5.78 Å². The summed E-state index contributed by atoms with van der Waals surface area (Å²) in [5, 5.41) is 23.9. The fourth-order valence-corrected chi connectivity index (χ4v) is 5.34. The molecule has 3 aromatic rings. The maximum absolute atomic E-state index is 13.7. The number of phenols is 2. The molecule has 36 heavy (non-hydrogen) atoms. The topological polar surface area (TPSA) is 141 Å². The Morgan fingerprint density at radius 2 is 1.92 bits per heavy atom. The van der Waals surface area contributed by atoms with E-state index in [1.54, 1.807) is 13.0 Å². The number of alkyl halides is 1. The molecule has 0 saturated heterocycles. The smallest absolute Gasteiger partial charge is 0.339 e. The van der Waals surface area contributed by atoms with Crippen molar-refractivity contribution in [3.63, 3.8) is 0 Å². The van der Waals surface area contributed by atoms with Gasteiger partial charge < -0.3 is 34.9 Å². The molecule has 10 nitrogen and oxygen atoms in total. The Morgan fingerprint density at radius 1 is 1.19 bits per heavy atom. The van der Waals surface area contributed by atoms with Crippen molar-refractivity contribution in [2.24, 2.45) is 0 Å². The molecule has 188 valence electrons. The van der Waals surface area contributed by atoms with Crippen LogP contribution in [-0.2, 0) is 16.0 Å². The van der Waals surface area contributed by atoms with E-state index in [1.807, 2.05) is 0 Å². The van der Waals surface area contributed by atoms with E-state index in [4.69, 9.17) is 21.1 Å². The van der Waals surface area contributed by atoms with Crippen LogP contribution in [0.25, 0.3) is 10.9 Å². The van der Waals surface area contributed by atoms with Crippen LogP contribution in [-0.4, -0.2) is 64.5 Å². The van der Waals surface area contributed by atoms with E-state index in [0.29, 0.717) is 33.5 Å². The number of amides is 1. The average molecular weight is 514 g/mol. The molecular formula is C25H24ClN3O7. The van der Waals surface area contributed by atoms with Crippen molar-refractivity contribution < 1.29 is 34.1 Å². The van der Waals surface area contributed by atoms with Crippen molar-refractivity contribution in [2.75, 3.05) is 31.0 Å². The molecule has 0 radical (unpaired) electrons. The number of aromatic hydroxyl groups is 2. The van der Waals surface area contributed by atoms with Crippen LogP contribution < -0.4 is 15.0 Å². The van der Waals surface area contributed by atoms with Crippen LogP contribution in [0, 0.1) is 6.92 Å². The number of benzene rings is 2. The number of esters is 1. The number of hydrogen-bond donors (Lipinski definition) is 4. The van der Waals surface area contributed by atoms with E-state index < -0.39 is 28.6 Å². The Hall–Kier alpha value is -3.92. The van der Waals surface area contributed by atoms with Gasteiger partial charge in [0.05, 0.1) is 42.1 Å². The van der Waals surface area contributed by atoms with Crippen molar-refractivity contribution in [3.05, 3.63) is 40.6 Å². The lowest BCUT2D eigenvalue weighted by atomic mass is 9.88. The predicted molar refractivity (Wildman–Crippen MR) is 133 cm³/mol. The number of hydrogen-bond acceptors (Lipinski definition) is 8. The monoisotopic (exact) mass is 513 g/mol. The summed E-state index contributed by atoms with van der Waals surface area (Å²) in [5.74, 6) is -1.67. The first kappa shape index (κ1) is 23.8. The fraction of sp³-hybridized carbons (Fsp3) is 0.320. The van der Waals surface area contributed by atoms with Gasteiger partial charge in [-0.2, -0.15) is 0 Å². The third-order valence-electron chi connectivity index (χ3n) is 6.91. The maximum Gasteiger partial charge on any atom is 0.339 e. The van der Waals surface area contributed by atoms with Crippen molar-refractivity contribution in [3.8, 4) is 17.2 Å². The number of ketones is 1. The number of nitrogens with zero attached hydrogens (tertiary/aromatic N) is 1. The summed E-state index contributed by atoms with van der Waals surface area (Å²) in [6.45, 7) is 3.20. The molecule has 0 saturated carbocycles. The molecule has 2 aromatic carbocycles. The number of carbonyl (C=O) groups is 3. The summed E-state index contributed by atoms with van der Waals surface area (Å²) in [6.07, 6.45) is 0.252. The predicted octanol–water partition coefficient (Wildman–Crippen LogP) is 3.25. The molecule has 2 aliphatic heterocycles. The summed E-state index contributed by atoms with van der Waals surface area (Å²) in [5.41, 5.74) is 0.540. The second-order valence-corrected chi connectivity index (χ2v) is 9.75. The van der Waals surface area contributed by atoms with E-state index >= 15 is 0 Å². The van der Waals surface area contributed by atoms with Crippen LogP contribution in [0.3, 0.4) is 0 Å². The van der Waals surface area contributed by atoms with Crippen LogP contribution in [0.1, 0.15) is 38.9 Å². The highest BCUT2D eigenvalue weighted by atomic mass is 35.5. The molecular weight excluding hydrogens is 490 g/mol. The molecule has 1 aromatic heterocycles. The summed E-state index contributed by atoms with van der Waals surface area (Å²) in [4.78, 5) is 43.9. The second-order valence-electron chi connectivity index (χ2n) is 9.13. The number of ether oxygens (including phenoxy) is 2. The zero-order valence-corrected chi connectivity index (χ0v) is 20.7. The number of H-pyrrole nitrogens is 1. The van der Waals surface area contributed by atoms with Gasteiger partial charge in [-0.05, 0) is 38.0 Å². The van der Waals surface area contributed by atoms with Gasteiger partial charge in [0, 0.05) is 23.6 Å². The first-order chi connectivity index (χ1) is 17.0. The highest BCUT2D eigenvalue weighted by Gasteiger charge is 2.52. The zero-order chi connectivity index (χ0) is 26.1. The number of aromatic amines is 1. The number of rotatable bonds is 3. The molecule has 0 fully saturated rings. The van der Waals surface area contributed by atoms with Crippen molar-refractivity contribution in [1.82, 2.24) is 4.98 Å². The number of aromatic nitrogens is 1. The van der Waals surface area contributed by atoms with Gasteiger partial charge in [-0.3, -0.25) is 9.59 Å². The third kappa shape index (κ3) is 3.21.